The third-order valence-corrected chi connectivity index (χ3v) is 7.14. The van der Waals surface area contributed by atoms with Gasteiger partial charge in [0.15, 0.2) is 5.78 Å². The Bertz CT molecular complexity index is 1340. The fraction of sp³-hybridized carbons (Fsp3) is 0.310. The minimum absolute atomic E-state index is 0.0117. The van der Waals surface area contributed by atoms with Crippen molar-refractivity contribution in [1.29, 1.82) is 0 Å². The van der Waals surface area contributed by atoms with Gasteiger partial charge in [-0.15, -0.1) is 0 Å². The molecule has 8 heteroatoms. The number of carbonyl (C=O) groups excluding carboxylic acids is 2. The molecule has 2 aliphatic heterocycles. The molecule has 5 rings (SSSR count). The van der Waals surface area contributed by atoms with E-state index in [0.29, 0.717) is 31.6 Å². The summed E-state index contributed by atoms with van der Waals surface area (Å²) in [5, 5.41) is 0. The standard InChI is InChI=1S/C29H27F2N3O3/c1-37-29(36)28(26-23(30)5-2-6-24(26)31)34-13-3-4-18(17-34)14-25(35)20-7-8-21-16-33-27(22(21)15-20)19-9-11-32-12-10-19/h2,5-12,15,18,28H,3-4,13-14,16-17H2,1H3/t18-,28+/m0/s1. The van der Waals surface area contributed by atoms with Gasteiger partial charge in [0.2, 0.25) is 0 Å². The van der Waals surface area contributed by atoms with Gasteiger partial charge in [0.1, 0.15) is 17.7 Å². The van der Waals surface area contributed by atoms with E-state index in [0.717, 1.165) is 41.0 Å². The number of pyridine rings is 1. The fourth-order valence-corrected chi connectivity index (χ4v) is 5.33. The first-order valence-corrected chi connectivity index (χ1v) is 12.3. The number of methoxy groups -OCH3 is 1. The van der Waals surface area contributed by atoms with Crippen LogP contribution in [0, 0.1) is 17.6 Å². The Kier molecular flexibility index (Phi) is 7.19. The van der Waals surface area contributed by atoms with Gasteiger partial charge in [-0.05, 0) is 61.2 Å². The van der Waals surface area contributed by atoms with Crippen LogP contribution in [0.4, 0.5) is 8.78 Å². The third kappa shape index (κ3) is 5.06. The van der Waals surface area contributed by atoms with E-state index >= 15 is 0 Å². The number of carbonyl (C=O) groups is 2. The number of benzene rings is 2. The first-order valence-electron chi connectivity index (χ1n) is 12.3. The van der Waals surface area contributed by atoms with Crippen LogP contribution in [0.2, 0.25) is 0 Å². The molecule has 0 radical (unpaired) electrons. The molecule has 1 fully saturated rings. The molecule has 3 heterocycles. The Hall–Kier alpha value is -3.78. The highest BCUT2D eigenvalue weighted by atomic mass is 19.1. The predicted molar refractivity (Wildman–Crippen MR) is 134 cm³/mol. The molecule has 2 atom stereocenters. The van der Waals surface area contributed by atoms with Crippen LogP contribution in [0.15, 0.2) is 65.9 Å². The molecule has 2 aliphatic rings. The number of likely N-dealkylation sites (tertiary alicyclic amines) is 1. The van der Waals surface area contributed by atoms with Gasteiger partial charge >= 0.3 is 5.97 Å². The zero-order valence-electron chi connectivity index (χ0n) is 20.5. The first-order chi connectivity index (χ1) is 18.0. The normalized spacial score (nSPS) is 18.1. The monoisotopic (exact) mass is 503 g/mol. The maximum Gasteiger partial charge on any atom is 0.327 e. The third-order valence-electron chi connectivity index (χ3n) is 7.14. The summed E-state index contributed by atoms with van der Waals surface area (Å²) >= 11 is 0. The summed E-state index contributed by atoms with van der Waals surface area (Å²) in [6.07, 6.45) is 5.18. The molecule has 3 aromatic rings. The Balaban J connectivity index is 1.33. The van der Waals surface area contributed by atoms with Gasteiger partial charge in [-0.1, -0.05) is 18.2 Å². The molecule has 1 aromatic heterocycles. The van der Waals surface area contributed by atoms with Crippen molar-refractivity contribution in [2.45, 2.75) is 31.8 Å². The number of rotatable bonds is 7. The van der Waals surface area contributed by atoms with Gasteiger partial charge in [-0.3, -0.25) is 19.7 Å². The van der Waals surface area contributed by atoms with Crippen LogP contribution in [0.3, 0.4) is 0 Å². The smallest absolute Gasteiger partial charge is 0.327 e. The van der Waals surface area contributed by atoms with Crippen molar-refractivity contribution in [3.8, 4) is 0 Å². The second-order valence-corrected chi connectivity index (χ2v) is 9.46. The molecule has 0 bridgehead atoms. The number of Topliss-reactive ketones (excluding diaryl/α,β-unsaturated/α-hetero) is 1. The highest BCUT2D eigenvalue weighted by Crippen LogP contribution is 2.33. The second kappa shape index (κ2) is 10.7. The van der Waals surface area contributed by atoms with Crippen molar-refractivity contribution >= 4 is 17.5 Å². The highest BCUT2D eigenvalue weighted by Gasteiger charge is 2.36. The van der Waals surface area contributed by atoms with Crippen LogP contribution in [-0.2, 0) is 16.1 Å². The van der Waals surface area contributed by atoms with Crippen LogP contribution in [0.5, 0.6) is 0 Å². The number of ketones is 1. The fourth-order valence-electron chi connectivity index (χ4n) is 5.33. The van der Waals surface area contributed by atoms with E-state index in [1.807, 2.05) is 30.3 Å². The van der Waals surface area contributed by atoms with E-state index in [-0.39, 0.29) is 23.7 Å². The Morgan fingerprint density at radius 1 is 1.11 bits per heavy atom. The molecule has 1 saturated heterocycles. The van der Waals surface area contributed by atoms with Crippen molar-refractivity contribution < 1.29 is 23.1 Å². The van der Waals surface area contributed by atoms with E-state index in [1.54, 1.807) is 17.3 Å². The molecule has 2 aromatic carbocycles. The van der Waals surface area contributed by atoms with Crippen molar-refractivity contribution in [2.24, 2.45) is 10.9 Å². The van der Waals surface area contributed by atoms with E-state index < -0.39 is 23.6 Å². The summed E-state index contributed by atoms with van der Waals surface area (Å²) in [4.78, 5) is 36.4. The summed E-state index contributed by atoms with van der Waals surface area (Å²) < 4.78 is 34.1. The van der Waals surface area contributed by atoms with Crippen LogP contribution >= 0.6 is 0 Å². The Morgan fingerprint density at radius 2 is 1.86 bits per heavy atom. The Labute approximate surface area is 214 Å². The molecule has 0 N–H and O–H groups in total. The predicted octanol–water partition coefficient (Wildman–Crippen LogP) is 4.91. The lowest BCUT2D eigenvalue weighted by Gasteiger charge is -2.37. The number of nitrogens with zero attached hydrogens (tertiary/aromatic N) is 3. The molecule has 6 nitrogen and oxygen atoms in total. The molecule has 0 amide bonds. The second-order valence-electron chi connectivity index (χ2n) is 9.46. The summed E-state index contributed by atoms with van der Waals surface area (Å²) in [6, 6.07) is 11.8. The number of aromatic nitrogens is 1. The zero-order valence-corrected chi connectivity index (χ0v) is 20.5. The van der Waals surface area contributed by atoms with Gasteiger partial charge in [0, 0.05) is 42.0 Å². The van der Waals surface area contributed by atoms with Gasteiger partial charge in [-0.25, -0.2) is 13.6 Å². The maximum absolute atomic E-state index is 14.6. The van der Waals surface area contributed by atoms with Crippen molar-refractivity contribution in [1.82, 2.24) is 9.88 Å². The van der Waals surface area contributed by atoms with Gasteiger partial charge in [-0.2, -0.15) is 0 Å². The molecule has 0 unspecified atom stereocenters. The van der Waals surface area contributed by atoms with Gasteiger partial charge in [0.25, 0.3) is 0 Å². The number of aliphatic imine (C=N–C) groups is 1. The number of halogens is 2. The van der Waals surface area contributed by atoms with Crippen LogP contribution < -0.4 is 0 Å². The van der Waals surface area contributed by atoms with Crippen molar-refractivity contribution in [2.75, 3.05) is 20.2 Å². The van der Waals surface area contributed by atoms with Gasteiger partial charge < -0.3 is 4.74 Å². The quantitative estimate of drug-likeness (QED) is 0.339. The van der Waals surface area contributed by atoms with Gasteiger partial charge in [0.05, 0.1) is 24.9 Å². The van der Waals surface area contributed by atoms with Crippen molar-refractivity contribution in [3.63, 3.8) is 0 Å². The number of hydrogen-bond acceptors (Lipinski definition) is 6. The summed E-state index contributed by atoms with van der Waals surface area (Å²) in [6.45, 7) is 1.40. The van der Waals surface area contributed by atoms with Crippen LogP contribution in [0.25, 0.3) is 0 Å². The number of piperidine rings is 1. The molecule has 0 saturated carbocycles. The molecular weight excluding hydrogens is 476 g/mol. The molecule has 0 aliphatic carbocycles. The number of ether oxygens (including phenoxy) is 1. The number of esters is 1. The lowest BCUT2D eigenvalue weighted by atomic mass is 9.88. The highest BCUT2D eigenvalue weighted by molar-refractivity contribution is 6.16. The van der Waals surface area contributed by atoms with Crippen LogP contribution in [0.1, 0.15) is 57.9 Å². The lowest BCUT2D eigenvalue weighted by molar-refractivity contribution is -0.148. The average Bonchev–Trinajstić information content (AvgIpc) is 3.34. The largest absolute Gasteiger partial charge is 0.468 e. The minimum atomic E-state index is -1.21. The summed E-state index contributed by atoms with van der Waals surface area (Å²) in [5.74, 6) is -2.39. The van der Waals surface area contributed by atoms with Crippen LogP contribution in [-0.4, -0.2) is 47.5 Å². The maximum atomic E-state index is 14.6. The van der Waals surface area contributed by atoms with Crippen molar-refractivity contribution in [3.05, 3.63) is 100 Å². The van der Waals surface area contributed by atoms with E-state index in [9.17, 15) is 18.4 Å². The van der Waals surface area contributed by atoms with E-state index in [1.165, 1.54) is 13.2 Å². The molecular formula is C29H27F2N3O3. The number of hydrogen-bond donors (Lipinski definition) is 0. The molecule has 190 valence electrons. The molecule has 37 heavy (non-hydrogen) atoms. The topological polar surface area (TPSA) is 71.9 Å². The Morgan fingerprint density at radius 3 is 2.59 bits per heavy atom. The summed E-state index contributed by atoms with van der Waals surface area (Å²) in [7, 11) is 1.20. The molecule has 0 spiro atoms. The first kappa shape index (κ1) is 24.9. The lowest BCUT2D eigenvalue weighted by Crippen LogP contribution is -2.43. The minimum Gasteiger partial charge on any atom is -0.468 e. The summed E-state index contributed by atoms with van der Waals surface area (Å²) in [5.41, 5.74) is 4.11. The SMILES string of the molecule is COC(=O)[C@@H](c1c(F)cccc1F)N1CCC[C@@H](CC(=O)c2ccc3c(c2)C(c2ccncc2)=NC3)C1. The number of fused-ring (bicyclic) bond motifs is 1. The zero-order chi connectivity index (χ0) is 25.9. The average molecular weight is 504 g/mol. The van der Waals surface area contributed by atoms with E-state index in [2.05, 4.69) is 9.98 Å². The van der Waals surface area contributed by atoms with E-state index in [4.69, 9.17) is 4.74 Å².